The molecule has 0 aromatic rings. The van der Waals surface area contributed by atoms with Crippen LogP contribution < -0.4 is 16.8 Å². The number of carboxylic acids is 1. The van der Waals surface area contributed by atoms with Crippen molar-refractivity contribution in [3.8, 4) is 0 Å². The molecule has 0 rings (SSSR count). The largest absolute Gasteiger partial charge is 0.480 e. The SMILES string of the molecule is NC(=O)NC(=O)CC[C@H](N)C(=O)O. The molecule has 74 valence electrons. The first kappa shape index (κ1) is 11.4. The number of carbonyl (C=O) groups excluding carboxylic acids is 2. The zero-order valence-corrected chi connectivity index (χ0v) is 6.82. The first-order valence-electron chi connectivity index (χ1n) is 3.51. The monoisotopic (exact) mass is 189 g/mol. The van der Waals surface area contributed by atoms with E-state index in [0.717, 1.165) is 0 Å². The van der Waals surface area contributed by atoms with E-state index in [1.165, 1.54) is 0 Å². The minimum Gasteiger partial charge on any atom is -0.480 e. The highest BCUT2D eigenvalue weighted by Crippen LogP contribution is 1.94. The molecule has 0 aromatic carbocycles. The van der Waals surface area contributed by atoms with Crippen LogP contribution in [0.2, 0.25) is 0 Å². The lowest BCUT2D eigenvalue weighted by Crippen LogP contribution is -2.37. The van der Waals surface area contributed by atoms with Crippen molar-refractivity contribution in [3.63, 3.8) is 0 Å². The third kappa shape index (κ3) is 5.62. The lowest BCUT2D eigenvalue weighted by molar-refractivity contribution is -0.138. The summed E-state index contributed by atoms with van der Waals surface area (Å²) in [7, 11) is 0. The van der Waals surface area contributed by atoms with Crippen LogP contribution in [0, 0.1) is 0 Å². The molecule has 13 heavy (non-hydrogen) atoms. The molecule has 0 unspecified atom stereocenters. The second kappa shape index (κ2) is 5.09. The number of carbonyl (C=O) groups is 3. The highest BCUT2D eigenvalue weighted by molar-refractivity contribution is 5.93. The van der Waals surface area contributed by atoms with E-state index >= 15 is 0 Å². The molecule has 3 amide bonds. The number of hydrogen-bond acceptors (Lipinski definition) is 4. The third-order valence-electron chi connectivity index (χ3n) is 1.26. The van der Waals surface area contributed by atoms with E-state index in [1.54, 1.807) is 5.32 Å². The molecule has 0 bridgehead atoms. The first-order valence-corrected chi connectivity index (χ1v) is 3.51. The molecule has 7 heteroatoms. The zero-order valence-electron chi connectivity index (χ0n) is 6.82. The predicted octanol–water partition coefficient (Wildman–Crippen LogP) is -1.63. The van der Waals surface area contributed by atoms with Gasteiger partial charge in [0.2, 0.25) is 5.91 Å². The van der Waals surface area contributed by atoms with Crippen LogP contribution in [0.4, 0.5) is 4.79 Å². The predicted molar refractivity (Wildman–Crippen MR) is 42.6 cm³/mol. The van der Waals surface area contributed by atoms with Crippen molar-refractivity contribution in [2.75, 3.05) is 0 Å². The highest BCUT2D eigenvalue weighted by atomic mass is 16.4. The summed E-state index contributed by atoms with van der Waals surface area (Å²) in [5.74, 6) is -1.82. The fraction of sp³-hybridized carbons (Fsp3) is 0.500. The van der Waals surface area contributed by atoms with Crippen molar-refractivity contribution < 1.29 is 19.5 Å². The maximum Gasteiger partial charge on any atom is 0.320 e. The van der Waals surface area contributed by atoms with Gasteiger partial charge >= 0.3 is 12.0 Å². The van der Waals surface area contributed by atoms with E-state index in [9.17, 15) is 14.4 Å². The lowest BCUT2D eigenvalue weighted by atomic mass is 10.1. The molecule has 0 saturated carbocycles. The lowest BCUT2D eigenvalue weighted by Gasteiger charge is -2.04. The summed E-state index contributed by atoms with van der Waals surface area (Å²) in [6.07, 6.45) is -0.176. The topological polar surface area (TPSA) is 136 Å². The number of nitrogens with two attached hydrogens (primary N) is 2. The summed E-state index contributed by atoms with van der Waals surface area (Å²) in [6, 6.07) is -2.06. The number of urea groups is 1. The van der Waals surface area contributed by atoms with Crippen LogP contribution in [0.5, 0.6) is 0 Å². The molecule has 0 aromatic heterocycles. The van der Waals surface area contributed by atoms with Gasteiger partial charge in [-0.2, -0.15) is 0 Å². The zero-order chi connectivity index (χ0) is 10.4. The summed E-state index contributed by atoms with van der Waals surface area (Å²) < 4.78 is 0. The van der Waals surface area contributed by atoms with Gasteiger partial charge in [-0.25, -0.2) is 4.79 Å². The van der Waals surface area contributed by atoms with Crippen LogP contribution in [0.15, 0.2) is 0 Å². The van der Waals surface area contributed by atoms with Crippen LogP contribution in [-0.4, -0.2) is 29.1 Å². The molecule has 1 atom stereocenters. The van der Waals surface area contributed by atoms with Crippen molar-refractivity contribution in [1.29, 1.82) is 0 Å². The van der Waals surface area contributed by atoms with Gasteiger partial charge in [0.25, 0.3) is 0 Å². The molecular formula is C6H11N3O4. The van der Waals surface area contributed by atoms with Crippen molar-refractivity contribution in [3.05, 3.63) is 0 Å². The Hall–Kier alpha value is -1.63. The molecule has 0 aliphatic carbocycles. The molecule has 0 fully saturated rings. The fourth-order valence-corrected chi connectivity index (χ4v) is 0.610. The summed E-state index contributed by atoms with van der Waals surface area (Å²) in [5, 5.41) is 10.1. The van der Waals surface area contributed by atoms with E-state index in [2.05, 4.69) is 5.73 Å². The van der Waals surface area contributed by atoms with Crippen LogP contribution in [0.1, 0.15) is 12.8 Å². The number of nitrogens with one attached hydrogen (secondary N) is 1. The van der Waals surface area contributed by atoms with Gasteiger partial charge in [-0.05, 0) is 6.42 Å². The number of carboxylic acid groups (broad SMARTS) is 1. The van der Waals surface area contributed by atoms with Crippen molar-refractivity contribution in [2.45, 2.75) is 18.9 Å². The molecule has 0 spiro atoms. The van der Waals surface area contributed by atoms with Gasteiger partial charge in [0.1, 0.15) is 6.04 Å². The quantitative estimate of drug-likeness (QED) is 0.421. The van der Waals surface area contributed by atoms with Crippen molar-refractivity contribution >= 4 is 17.9 Å². The molecule has 0 aliphatic rings. The maximum atomic E-state index is 10.7. The molecular weight excluding hydrogens is 178 g/mol. The number of imide groups is 1. The van der Waals surface area contributed by atoms with Crippen LogP contribution >= 0.6 is 0 Å². The Morgan fingerprint density at radius 1 is 1.38 bits per heavy atom. The molecule has 6 N–H and O–H groups in total. The van der Waals surface area contributed by atoms with Crippen molar-refractivity contribution in [1.82, 2.24) is 5.32 Å². The molecule has 0 saturated heterocycles. The van der Waals surface area contributed by atoms with Gasteiger partial charge < -0.3 is 16.6 Å². The second-order valence-electron chi connectivity index (χ2n) is 2.40. The number of aliphatic carboxylic acids is 1. The molecule has 0 heterocycles. The number of amides is 3. The van der Waals surface area contributed by atoms with E-state index < -0.39 is 23.9 Å². The van der Waals surface area contributed by atoms with Gasteiger partial charge in [0.05, 0.1) is 0 Å². The minimum absolute atomic E-state index is 0.0333. The van der Waals surface area contributed by atoms with E-state index in [4.69, 9.17) is 10.8 Å². The molecule has 0 aliphatic heterocycles. The number of primary amides is 1. The summed E-state index contributed by atoms with van der Waals surface area (Å²) in [5.41, 5.74) is 9.74. The average Bonchev–Trinajstić information content (AvgIpc) is 1.98. The first-order chi connectivity index (χ1) is 5.93. The number of rotatable bonds is 4. The fourth-order valence-electron chi connectivity index (χ4n) is 0.610. The Morgan fingerprint density at radius 3 is 2.31 bits per heavy atom. The third-order valence-corrected chi connectivity index (χ3v) is 1.26. The van der Waals surface area contributed by atoms with Crippen molar-refractivity contribution in [2.24, 2.45) is 11.5 Å². The Labute approximate surface area is 74.1 Å². The minimum atomic E-state index is -1.19. The summed E-state index contributed by atoms with van der Waals surface area (Å²) in [6.45, 7) is 0. The Kier molecular flexibility index (Phi) is 4.45. The van der Waals surface area contributed by atoms with Gasteiger partial charge in [-0.15, -0.1) is 0 Å². The average molecular weight is 189 g/mol. The van der Waals surface area contributed by atoms with E-state index in [0.29, 0.717) is 0 Å². The van der Waals surface area contributed by atoms with Gasteiger partial charge in [-0.1, -0.05) is 0 Å². The summed E-state index contributed by atoms with van der Waals surface area (Å²) in [4.78, 5) is 31.0. The normalized spacial score (nSPS) is 11.8. The van der Waals surface area contributed by atoms with Crippen LogP contribution in [0.25, 0.3) is 0 Å². The second-order valence-corrected chi connectivity index (χ2v) is 2.40. The van der Waals surface area contributed by atoms with E-state index in [1.807, 2.05) is 0 Å². The Bertz CT molecular complexity index is 228. The van der Waals surface area contributed by atoms with Crippen LogP contribution in [0.3, 0.4) is 0 Å². The number of hydrogen-bond donors (Lipinski definition) is 4. The Morgan fingerprint density at radius 2 is 1.92 bits per heavy atom. The maximum absolute atomic E-state index is 10.7. The van der Waals surface area contributed by atoms with E-state index in [-0.39, 0.29) is 12.8 Å². The standard InChI is InChI=1S/C6H11N3O4/c7-3(5(11)12)1-2-4(10)9-6(8)13/h3H,1-2,7H2,(H,11,12)(H3,8,9,10,13)/t3-/m0/s1. The van der Waals surface area contributed by atoms with Crippen LogP contribution in [-0.2, 0) is 9.59 Å². The summed E-state index contributed by atoms with van der Waals surface area (Å²) >= 11 is 0. The highest BCUT2D eigenvalue weighted by Gasteiger charge is 2.13. The molecule has 7 nitrogen and oxygen atoms in total. The Balaban J connectivity index is 3.70. The van der Waals surface area contributed by atoms with Gasteiger partial charge in [0, 0.05) is 6.42 Å². The van der Waals surface area contributed by atoms with Gasteiger partial charge in [-0.3, -0.25) is 14.9 Å². The molecule has 0 radical (unpaired) electrons. The van der Waals surface area contributed by atoms with Gasteiger partial charge in [0.15, 0.2) is 0 Å². The smallest absolute Gasteiger partial charge is 0.320 e.